The zero-order chi connectivity index (χ0) is 13.9. The van der Waals surface area contributed by atoms with Gasteiger partial charge in [0.25, 0.3) is 0 Å². The first kappa shape index (κ1) is 15.0. The molecule has 0 heterocycles. The standard InChI is InChI=1S/C11H14BrNO4S/c1-7(2)6-18(16,17)13-8-3-4-10(12)9(5-8)11(14)15/h3-5,7,13H,6H2,1-2H3,(H,14,15). The highest BCUT2D eigenvalue weighted by Crippen LogP contribution is 2.22. The highest BCUT2D eigenvalue weighted by atomic mass is 79.9. The van der Waals surface area contributed by atoms with Crippen molar-refractivity contribution in [1.82, 2.24) is 0 Å². The first-order valence-corrected chi connectivity index (χ1v) is 7.69. The molecule has 7 heteroatoms. The zero-order valence-corrected chi connectivity index (χ0v) is 12.4. The van der Waals surface area contributed by atoms with E-state index in [2.05, 4.69) is 20.7 Å². The SMILES string of the molecule is CC(C)CS(=O)(=O)Nc1ccc(Br)c(C(=O)O)c1. The number of sulfonamides is 1. The second-order valence-electron chi connectivity index (χ2n) is 4.28. The summed E-state index contributed by atoms with van der Waals surface area (Å²) < 4.78 is 26.2. The van der Waals surface area contributed by atoms with Gasteiger partial charge in [-0.15, -0.1) is 0 Å². The van der Waals surface area contributed by atoms with Crippen molar-refractivity contribution in [2.75, 3.05) is 10.5 Å². The molecule has 0 unspecified atom stereocenters. The van der Waals surface area contributed by atoms with Gasteiger partial charge < -0.3 is 5.11 Å². The fraction of sp³-hybridized carbons (Fsp3) is 0.364. The monoisotopic (exact) mass is 335 g/mol. The first-order valence-electron chi connectivity index (χ1n) is 5.24. The van der Waals surface area contributed by atoms with Gasteiger partial charge in [0.15, 0.2) is 0 Å². The van der Waals surface area contributed by atoms with Gasteiger partial charge in [0.1, 0.15) is 0 Å². The Morgan fingerprint density at radius 1 is 1.44 bits per heavy atom. The fourth-order valence-electron chi connectivity index (χ4n) is 1.41. The predicted molar refractivity (Wildman–Crippen MR) is 73.3 cm³/mol. The molecule has 1 rings (SSSR count). The molecule has 0 amide bonds. The van der Waals surface area contributed by atoms with Crippen molar-refractivity contribution in [3.05, 3.63) is 28.2 Å². The minimum absolute atomic E-state index is 0.00288. The molecule has 0 saturated carbocycles. The lowest BCUT2D eigenvalue weighted by atomic mass is 10.2. The molecule has 0 aliphatic heterocycles. The number of carboxylic acids is 1. The van der Waals surface area contributed by atoms with Crippen LogP contribution in [0.1, 0.15) is 24.2 Å². The van der Waals surface area contributed by atoms with Gasteiger partial charge in [-0.25, -0.2) is 13.2 Å². The van der Waals surface area contributed by atoms with Crippen LogP contribution in [0, 0.1) is 5.92 Å². The summed E-state index contributed by atoms with van der Waals surface area (Å²) in [6.07, 6.45) is 0. The molecule has 0 atom stereocenters. The Morgan fingerprint density at radius 3 is 2.56 bits per heavy atom. The maximum atomic E-state index is 11.7. The molecule has 0 radical (unpaired) electrons. The third kappa shape index (κ3) is 4.30. The molecule has 1 aromatic carbocycles. The van der Waals surface area contributed by atoms with Crippen LogP contribution in [-0.2, 0) is 10.0 Å². The molecule has 5 nitrogen and oxygen atoms in total. The Bertz CT molecular complexity index is 554. The van der Waals surface area contributed by atoms with Crippen LogP contribution in [0.5, 0.6) is 0 Å². The Balaban J connectivity index is 2.99. The molecule has 0 spiro atoms. The summed E-state index contributed by atoms with van der Waals surface area (Å²) in [5.74, 6) is -1.13. The van der Waals surface area contributed by atoms with E-state index in [9.17, 15) is 13.2 Å². The van der Waals surface area contributed by atoms with Crippen LogP contribution in [0.2, 0.25) is 0 Å². The van der Waals surface area contributed by atoms with Gasteiger partial charge in [0.2, 0.25) is 10.0 Å². The molecule has 100 valence electrons. The summed E-state index contributed by atoms with van der Waals surface area (Å²) in [6, 6.07) is 4.29. The average Bonchev–Trinajstić information content (AvgIpc) is 2.18. The van der Waals surface area contributed by atoms with E-state index in [0.29, 0.717) is 4.47 Å². The van der Waals surface area contributed by atoms with Crippen LogP contribution in [0.15, 0.2) is 22.7 Å². The van der Waals surface area contributed by atoms with Crippen molar-refractivity contribution < 1.29 is 18.3 Å². The largest absolute Gasteiger partial charge is 0.478 e. The van der Waals surface area contributed by atoms with Crippen molar-refractivity contribution in [2.45, 2.75) is 13.8 Å². The molecule has 2 N–H and O–H groups in total. The lowest BCUT2D eigenvalue weighted by Gasteiger charge is -2.10. The number of hydrogen-bond donors (Lipinski definition) is 2. The topological polar surface area (TPSA) is 83.5 Å². The number of rotatable bonds is 5. The lowest BCUT2D eigenvalue weighted by molar-refractivity contribution is 0.0696. The maximum absolute atomic E-state index is 11.7. The van der Waals surface area contributed by atoms with Gasteiger partial charge in [-0.3, -0.25) is 4.72 Å². The van der Waals surface area contributed by atoms with E-state index in [1.54, 1.807) is 13.8 Å². The summed E-state index contributed by atoms with van der Waals surface area (Å²) in [7, 11) is -3.45. The summed E-state index contributed by atoms with van der Waals surface area (Å²) >= 11 is 3.09. The number of anilines is 1. The molecular formula is C11H14BrNO4S. The molecule has 1 aromatic rings. The van der Waals surface area contributed by atoms with Gasteiger partial charge in [0, 0.05) is 10.2 Å². The van der Waals surface area contributed by atoms with Crippen LogP contribution >= 0.6 is 15.9 Å². The summed E-state index contributed by atoms with van der Waals surface area (Å²) in [5, 5.41) is 8.93. The molecule has 0 aliphatic rings. The number of benzene rings is 1. The second kappa shape index (κ2) is 5.71. The highest BCUT2D eigenvalue weighted by Gasteiger charge is 2.15. The van der Waals surface area contributed by atoms with Crippen LogP contribution in [0.3, 0.4) is 0 Å². The Morgan fingerprint density at radius 2 is 2.06 bits per heavy atom. The van der Waals surface area contributed by atoms with E-state index in [4.69, 9.17) is 5.11 Å². The molecule has 0 aliphatic carbocycles. The van der Waals surface area contributed by atoms with Crippen molar-refractivity contribution >= 4 is 37.6 Å². The highest BCUT2D eigenvalue weighted by molar-refractivity contribution is 9.10. The van der Waals surface area contributed by atoms with Gasteiger partial charge >= 0.3 is 5.97 Å². The van der Waals surface area contributed by atoms with E-state index < -0.39 is 16.0 Å². The Kier molecular flexibility index (Phi) is 4.75. The smallest absolute Gasteiger partial charge is 0.336 e. The number of nitrogens with one attached hydrogen (secondary N) is 1. The van der Waals surface area contributed by atoms with Crippen LogP contribution in [0.4, 0.5) is 5.69 Å². The zero-order valence-electron chi connectivity index (χ0n) is 9.97. The van der Waals surface area contributed by atoms with Crippen molar-refractivity contribution in [3.8, 4) is 0 Å². The van der Waals surface area contributed by atoms with E-state index in [-0.39, 0.29) is 22.9 Å². The Labute approximate surface area is 114 Å². The molecular weight excluding hydrogens is 322 g/mol. The normalized spacial score (nSPS) is 11.6. The Hall–Kier alpha value is -1.08. The van der Waals surface area contributed by atoms with E-state index in [1.807, 2.05) is 0 Å². The summed E-state index contributed by atoms with van der Waals surface area (Å²) in [6.45, 7) is 3.59. The fourth-order valence-corrected chi connectivity index (χ4v) is 3.28. The van der Waals surface area contributed by atoms with Gasteiger partial charge in [-0.05, 0) is 40.0 Å². The van der Waals surface area contributed by atoms with E-state index in [1.165, 1.54) is 18.2 Å². The lowest BCUT2D eigenvalue weighted by Crippen LogP contribution is -2.20. The molecule has 18 heavy (non-hydrogen) atoms. The molecule has 0 aromatic heterocycles. The van der Waals surface area contributed by atoms with Gasteiger partial charge in [0.05, 0.1) is 11.3 Å². The number of halogens is 1. The minimum atomic E-state index is -3.45. The summed E-state index contributed by atoms with van der Waals surface area (Å²) in [5.41, 5.74) is 0.260. The predicted octanol–water partition coefficient (Wildman–Crippen LogP) is 2.55. The average molecular weight is 336 g/mol. The number of aromatic carboxylic acids is 1. The second-order valence-corrected chi connectivity index (χ2v) is 6.90. The quantitative estimate of drug-likeness (QED) is 0.866. The summed E-state index contributed by atoms with van der Waals surface area (Å²) in [4.78, 5) is 10.9. The maximum Gasteiger partial charge on any atom is 0.336 e. The van der Waals surface area contributed by atoms with Crippen molar-refractivity contribution in [3.63, 3.8) is 0 Å². The third-order valence-corrected chi connectivity index (χ3v) is 4.37. The third-order valence-electron chi connectivity index (χ3n) is 2.02. The van der Waals surface area contributed by atoms with Crippen LogP contribution in [0.25, 0.3) is 0 Å². The van der Waals surface area contributed by atoms with Crippen LogP contribution in [-0.4, -0.2) is 25.2 Å². The first-order chi connectivity index (χ1) is 8.21. The van der Waals surface area contributed by atoms with Crippen molar-refractivity contribution in [2.24, 2.45) is 5.92 Å². The van der Waals surface area contributed by atoms with Crippen LogP contribution < -0.4 is 4.72 Å². The van der Waals surface area contributed by atoms with Gasteiger partial charge in [-0.2, -0.15) is 0 Å². The minimum Gasteiger partial charge on any atom is -0.478 e. The van der Waals surface area contributed by atoms with E-state index >= 15 is 0 Å². The van der Waals surface area contributed by atoms with E-state index in [0.717, 1.165) is 0 Å². The number of carboxylic acid groups (broad SMARTS) is 1. The van der Waals surface area contributed by atoms with Crippen molar-refractivity contribution in [1.29, 1.82) is 0 Å². The van der Waals surface area contributed by atoms with Gasteiger partial charge in [-0.1, -0.05) is 13.8 Å². The number of carbonyl (C=O) groups is 1. The molecule has 0 saturated heterocycles. The number of hydrogen-bond acceptors (Lipinski definition) is 3. The molecule has 0 bridgehead atoms. The molecule has 0 fully saturated rings.